The second-order valence-electron chi connectivity index (χ2n) is 5.30. The van der Waals surface area contributed by atoms with Crippen molar-refractivity contribution in [1.29, 1.82) is 0 Å². The quantitative estimate of drug-likeness (QED) is 0.286. The monoisotopic (exact) mass is 322 g/mol. The summed E-state index contributed by atoms with van der Waals surface area (Å²) in [6.07, 6.45) is 0. The lowest BCUT2D eigenvalue weighted by Gasteiger charge is -2.22. The van der Waals surface area contributed by atoms with Gasteiger partial charge in [0.05, 0.1) is 26.3 Å². The molecule has 0 radical (unpaired) electrons. The van der Waals surface area contributed by atoms with E-state index in [1.54, 1.807) is 27.7 Å². The zero-order valence-corrected chi connectivity index (χ0v) is 13.9. The Morgan fingerprint density at radius 2 is 1.10 bits per heavy atom. The van der Waals surface area contributed by atoms with Crippen LogP contribution in [0, 0.1) is 0 Å². The first-order valence-electron chi connectivity index (χ1n) is 6.44. The molecule has 0 unspecified atom stereocenters. The molecule has 0 aromatic carbocycles. The molecule has 0 saturated carbocycles. The van der Waals surface area contributed by atoms with Crippen molar-refractivity contribution in [2.45, 2.75) is 38.8 Å². The number of aliphatic imine (C=N–C) groups is 2. The number of amidine groups is 2. The molecule has 6 N–H and O–H groups in total. The van der Waals surface area contributed by atoms with Crippen LogP contribution < -0.4 is 11.5 Å². The molecule has 0 amide bonds. The highest BCUT2D eigenvalue weighted by atomic mass is 35.5. The summed E-state index contributed by atoms with van der Waals surface area (Å²) in [7, 11) is 0. The van der Waals surface area contributed by atoms with E-state index in [2.05, 4.69) is 20.2 Å². The minimum Gasteiger partial charge on any atom is -0.394 e. The van der Waals surface area contributed by atoms with Crippen LogP contribution in [0.5, 0.6) is 0 Å². The van der Waals surface area contributed by atoms with Gasteiger partial charge in [0.1, 0.15) is 22.7 Å². The SMILES string of the molecule is CC(C)(N=NC(C)(C)C(N)=NCCO)C(N)=NCCO.Cl. The minimum atomic E-state index is -0.788. The van der Waals surface area contributed by atoms with Gasteiger partial charge in [0, 0.05) is 0 Å². The molecule has 0 aliphatic heterocycles. The summed E-state index contributed by atoms with van der Waals surface area (Å²) in [5.41, 5.74) is 10.1. The first-order valence-corrected chi connectivity index (χ1v) is 6.44. The van der Waals surface area contributed by atoms with E-state index in [-0.39, 0.29) is 50.4 Å². The molecule has 0 aromatic heterocycles. The standard InChI is InChI=1S/C12H26N6O2.ClH/c1-11(2,9(13)15-5-7-19)17-18-12(3,4)10(14)16-6-8-20;/h19-20H,5-8H2,1-4H3,(H2,13,15)(H2,14,16);1H. The van der Waals surface area contributed by atoms with Gasteiger partial charge >= 0.3 is 0 Å². The van der Waals surface area contributed by atoms with Crippen LogP contribution in [-0.2, 0) is 0 Å². The maximum Gasteiger partial charge on any atom is 0.132 e. The fourth-order valence-electron chi connectivity index (χ4n) is 1.08. The molecule has 21 heavy (non-hydrogen) atoms. The molecule has 0 aliphatic rings. The summed E-state index contributed by atoms with van der Waals surface area (Å²) in [6.45, 7) is 7.39. The number of azo groups is 1. The molecule has 9 heteroatoms. The van der Waals surface area contributed by atoms with Crippen LogP contribution in [0.15, 0.2) is 20.2 Å². The number of aliphatic hydroxyl groups is 2. The molecule has 8 nitrogen and oxygen atoms in total. The lowest BCUT2D eigenvalue weighted by molar-refractivity contribution is 0.306. The normalized spacial score (nSPS) is 14.4. The molecular formula is C12H27ClN6O2. The molecule has 124 valence electrons. The van der Waals surface area contributed by atoms with Crippen molar-refractivity contribution >= 4 is 24.1 Å². The third kappa shape index (κ3) is 7.93. The summed E-state index contributed by atoms with van der Waals surface area (Å²) in [4.78, 5) is 8.01. The molecule has 0 aliphatic carbocycles. The molecule has 0 heterocycles. The largest absolute Gasteiger partial charge is 0.394 e. The first kappa shape index (κ1) is 22.0. The van der Waals surface area contributed by atoms with E-state index in [4.69, 9.17) is 21.7 Å². The van der Waals surface area contributed by atoms with E-state index in [9.17, 15) is 0 Å². The van der Waals surface area contributed by atoms with Gasteiger partial charge in [-0.15, -0.1) is 12.4 Å². The summed E-state index contributed by atoms with van der Waals surface area (Å²) in [5.74, 6) is 0.578. The van der Waals surface area contributed by atoms with Crippen LogP contribution in [0.25, 0.3) is 0 Å². The summed E-state index contributed by atoms with van der Waals surface area (Å²) >= 11 is 0. The molecule has 0 bridgehead atoms. The van der Waals surface area contributed by atoms with E-state index in [0.717, 1.165) is 0 Å². The van der Waals surface area contributed by atoms with E-state index < -0.39 is 11.1 Å². The van der Waals surface area contributed by atoms with E-state index in [1.165, 1.54) is 0 Å². The highest BCUT2D eigenvalue weighted by Crippen LogP contribution is 2.16. The van der Waals surface area contributed by atoms with Crippen molar-refractivity contribution in [3.05, 3.63) is 0 Å². The Labute approximate surface area is 131 Å². The Kier molecular flexibility index (Phi) is 10.1. The number of hydrogen-bond acceptors (Lipinski definition) is 6. The van der Waals surface area contributed by atoms with Crippen LogP contribution in [0.4, 0.5) is 0 Å². The smallest absolute Gasteiger partial charge is 0.132 e. The third-order valence-electron chi connectivity index (χ3n) is 2.57. The fourth-order valence-corrected chi connectivity index (χ4v) is 1.08. The van der Waals surface area contributed by atoms with Crippen LogP contribution in [-0.4, -0.2) is 59.3 Å². The van der Waals surface area contributed by atoms with Crippen LogP contribution in [0.3, 0.4) is 0 Å². The predicted octanol–water partition coefficient (Wildman–Crippen LogP) is 0.117. The number of hydrogen-bond donors (Lipinski definition) is 4. The summed E-state index contributed by atoms with van der Waals surface area (Å²) < 4.78 is 0. The van der Waals surface area contributed by atoms with Gasteiger partial charge in [0.25, 0.3) is 0 Å². The van der Waals surface area contributed by atoms with Crippen LogP contribution >= 0.6 is 12.4 Å². The fraction of sp³-hybridized carbons (Fsp3) is 0.833. The highest BCUT2D eigenvalue weighted by molar-refractivity contribution is 5.90. The van der Waals surface area contributed by atoms with Gasteiger partial charge in [-0.3, -0.25) is 9.98 Å². The lowest BCUT2D eigenvalue weighted by atomic mass is 10.0. The van der Waals surface area contributed by atoms with Gasteiger partial charge in [-0.05, 0) is 27.7 Å². The molecule has 0 aromatic rings. The van der Waals surface area contributed by atoms with Crippen molar-refractivity contribution in [3.8, 4) is 0 Å². The Morgan fingerprint density at radius 3 is 1.33 bits per heavy atom. The second kappa shape index (κ2) is 9.64. The van der Waals surface area contributed by atoms with E-state index in [1.807, 2.05) is 0 Å². The van der Waals surface area contributed by atoms with Gasteiger partial charge in [-0.1, -0.05) is 0 Å². The Hall–Kier alpha value is -1.25. The number of halogens is 1. The Morgan fingerprint density at radius 1 is 0.810 bits per heavy atom. The van der Waals surface area contributed by atoms with Gasteiger partial charge in [0.15, 0.2) is 0 Å². The van der Waals surface area contributed by atoms with Gasteiger partial charge in [-0.2, -0.15) is 10.2 Å². The Balaban J connectivity index is 0. The van der Waals surface area contributed by atoms with Crippen LogP contribution in [0.1, 0.15) is 27.7 Å². The number of rotatable bonds is 8. The molecule has 0 rings (SSSR count). The molecule has 0 saturated heterocycles. The average Bonchev–Trinajstić information content (AvgIpc) is 2.39. The van der Waals surface area contributed by atoms with E-state index in [0.29, 0.717) is 0 Å². The van der Waals surface area contributed by atoms with Crippen molar-refractivity contribution in [3.63, 3.8) is 0 Å². The summed E-state index contributed by atoms with van der Waals surface area (Å²) in [6, 6.07) is 0. The molecule has 0 atom stereocenters. The maximum absolute atomic E-state index is 8.73. The second-order valence-corrected chi connectivity index (χ2v) is 5.30. The van der Waals surface area contributed by atoms with E-state index >= 15 is 0 Å². The molecular weight excluding hydrogens is 296 g/mol. The number of aliphatic hydroxyl groups excluding tert-OH is 2. The van der Waals surface area contributed by atoms with Crippen molar-refractivity contribution in [2.24, 2.45) is 31.7 Å². The zero-order chi connectivity index (χ0) is 15.8. The predicted molar refractivity (Wildman–Crippen MR) is 87.4 cm³/mol. The zero-order valence-electron chi connectivity index (χ0n) is 13.1. The topological polar surface area (TPSA) is 142 Å². The minimum absolute atomic E-state index is 0. The number of nitrogens with two attached hydrogens (primary N) is 2. The van der Waals surface area contributed by atoms with Crippen molar-refractivity contribution in [1.82, 2.24) is 0 Å². The van der Waals surface area contributed by atoms with Crippen LogP contribution in [0.2, 0.25) is 0 Å². The Bertz CT molecular complexity index is 357. The highest BCUT2D eigenvalue weighted by Gasteiger charge is 2.27. The number of nitrogens with zero attached hydrogens (tertiary/aromatic N) is 4. The average molecular weight is 323 g/mol. The molecule has 0 spiro atoms. The van der Waals surface area contributed by atoms with Gasteiger partial charge in [0.2, 0.25) is 0 Å². The molecule has 0 fully saturated rings. The summed E-state index contributed by atoms with van der Waals surface area (Å²) in [5, 5.41) is 25.8. The van der Waals surface area contributed by atoms with Gasteiger partial charge in [-0.25, -0.2) is 0 Å². The van der Waals surface area contributed by atoms with Crippen molar-refractivity contribution < 1.29 is 10.2 Å². The van der Waals surface area contributed by atoms with Crippen molar-refractivity contribution in [2.75, 3.05) is 26.3 Å². The van der Waals surface area contributed by atoms with Gasteiger partial charge < -0.3 is 21.7 Å². The first-order chi connectivity index (χ1) is 9.17. The third-order valence-corrected chi connectivity index (χ3v) is 2.57. The maximum atomic E-state index is 8.73. The lowest BCUT2D eigenvalue weighted by Crippen LogP contribution is -2.40.